The lowest BCUT2D eigenvalue weighted by molar-refractivity contribution is 0.471. The summed E-state index contributed by atoms with van der Waals surface area (Å²) in [6.07, 6.45) is 0. The molecular weight excluding hydrogens is 252 g/mol. The predicted molar refractivity (Wildman–Crippen MR) is 78.9 cm³/mol. The van der Waals surface area contributed by atoms with Crippen molar-refractivity contribution in [2.24, 2.45) is 0 Å². The number of nitrogens with zero attached hydrogens (tertiary/aromatic N) is 1. The second-order valence-electron chi connectivity index (χ2n) is 4.90. The first-order valence-electron chi connectivity index (χ1n) is 6.36. The summed E-state index contributed by atoms with van der Waals surface area (Å²) in [5, 5.41) is 17.8. The number of hydrogen-bond acceptors (Lipinski definition) is 3. The fourth-order valence-electron chi connectivity index (χ4n) is 2.41. The van der Waals surface area contributed by atoms with Gasteiger partial charge in [-0.2, -0.15) is 5.10 Å². The third kappa shape index (κ3) is 1.86. The molecule has 0 aliphatic carbocycles. The normalized spacial score (nSPS) is 10.9. The Balaban J connectivity index is 2.39. The summed E-state index contributed by atoms with van der Waals surface area (Å²) in [5.41, 5.74) is 3.18. The van der Waals surface area contributed by atoms with Crippen molar-refractivity contribution in [3.05, 3.63) is 57.9 Å². The van der Waals surface area contributed by atoms with Gasteiger partial charge in [-0.1, -0.05) is 12.1 Å². The van der Waals surface area contributed by atoms with Gasteiger partial charge in [0.1, 0.15) is 5.75 Å². The third-order valence-electron chi connectivity index (χ3n) is 3.49. The van der Waals surface area contributed by atoms with E-state index in [2.05, 4.69) is 10.2 Å². The Labute approximate surface area is 115 Å². The molecule has 0 saturated heterocycles. The van der Waals surface area contributed by atoms with E-state index in [4.69, 9.17) is 0 Å². The van der Waals surface area contributed by atoms with Crippen LogP contribution in [0.5, 0.6) is 5.75 Å². The van der Waals surface area contributed by atoms with Crippen LogP contribution in [0.3, 0.4) is 0 Å². The zero-order chi connectivity index (χ0) is 14.3. The number of aromatic amines is 1. The van der Waals surface area contributed by atoms with E-state index in [0.717, 1.165) is 27.8 Å². The first-order valence-corrected chi connectivity index (χ1v) is 6.36. The van der Waals surface area contributed by atoms with Crippen LogP contribution in [-0.4, -0.2) is 15.3 Å². The minimum absolute atomic E-state index is 0.192. The van der Waals surface area contributed by atoms with Gasteiger partial charge in [-0.3, -0.25) is 4.79 Å². The monoisotopic (exact) mass is 266 g/mol. The molecule has 4 heteroatoms. The summed E-state index contributed by atoms with van der Waals surface area (Å²) in [6.45, 7) is 3.79. The molecule has 0 saturated carbocycles. The van der Waals surface area contributed by atoms with Crippen molar-refractivity contribution in [3.63, 3.8) is 0 Å². The van der Waals surface area contributed by atoms with Crippen LogP contribution in [0.1, 0.15) is 11.1 Å². The van der Waals surface area contributed by atoms with Crippen LogP contribution in [0, 0.1) is 13.8 Å². The minimum Gasteiger partial charge on any atom is -0.508 e. The van der Waals surface area contributed by atoms with Gasteiger partial charge in [-0.05, 0) is 49.2 Å². The lowest BCUT2D eigenvalue weighted by atomic mass is 10.00. The number of aryl methyl sites for hydroxylation is 2. The van der Waals surface area contributed by atoms with Crippen molar-refractivity contribution in [1.82, 2.24) is 10.2 Å². The van der Waals surface area contributed by atoms with Crippen LogP contribution in [0.15, 0.2) is 41.2 Å². The van der Waals surface area contributed by atoms with E-state index < -0.39 is 0 Å². The molecule has 0 aliphatic rings. The van der Waals surface area contributed by atoms with Gasteiger partial charge >= 0.3 is 0 Å². The lowest BCUT2D eigenvalue weighted by Gasteiger charge is -2.09. The van der Waals surface area contributed by atoms with Gasteiger partial charge in [-0.25, -0.2) is 5.10 Å². The molecule has 0 unspecified atom stereocenters. The van der Waals surface area contributed by atoms with Gasteiger partial charge in [-0.15, -0.1) is 0 Å². The van der Waals surface area contributed by atoms with Crippen LogP contribution in [0.25, 0.3) is 22.0 Å². The second kappa shape index (κ2) is 4.49. The van der Waals surface area contributed by atoms with E-state index in [-0.39, 0.29) is 11.3 Å². The molecule has 4 nitrogen and oxygen atoms in total. The van der Waals surface area contributed by atoms with Gasteiger partial charge < -0.3 is 5.11 Å². The van der Waals surface area contributed by atoms with Crippen molar-refractivity contribution in [2.75, 3.05) is 0 Å². The Morgan fingerprint density at radius 3 is 2.65 bits per heavy atom. The number of phenolic OH excluding ortho intramolecular Hbond substituents is 1. The smallest absolute Gasteiger partial charge is 0.272 e. The fraction of sp³-hybridized carbons (Fsp3) is 0.125. The molecule has 0 atom stereocenters. The number of aromatic hydroxyl groups is 1. The highest BCUT2D eigenvalue weighted by Crippen LogP contribution is 2.29. The topological polar surface area (TPSA) is 66.0 Å². The number of hydrogen-bond donors (Lipinski definition) is 2. The molecule has 1 aromatic heterocycles. The second-order valence-corrected chi connectivity index (χ2v) is 4.90. The summed E-state index contributed by atoms with van der Waals surface area (Å²) < 4.78 is 0. The maximum Gasteiger partial charge on any atom is 0.272 e. The van der Waals surface area contributed by atoms with Crippen molar-refractivity contribution >= 4 is 10.8 Å². The highest BCUT2D eigenvalue weighted by molar-refractivity contribution is 5.96. The summed E-state index contributed by atoms with van der Waals surface area (Å²) in [6, 6.07) is 10.9. The van der Waals surface area contributed by atoms with E-state index in [9.17, 15) is 9.90 Å². The Morgan fingerprint density at radius 1 is 1.10 bits per heavy atom. The van der Waals surface area contributed by atoms with Crippen molar-refractivity contribution < 1.29 is 5.11 Å². The quantitative estimate of drug-likeness (QED) is 0.711. The Hall–Kier alpha value is -2.62. The van der Waals surface area contributed by atoms with Gasteiger partial charge in [0, 0.05) is 10.9 Å². The molecule has 2 aromatic carbocycles. The van der Waals surface area contributed by atoms with E-state index >= 15 is 0 Å². The van der Waals surface area contributed by atoms with Gasteiger partial charge in [0.05, 0.1) is 11.1 Å². The van der Waals surface area contributed by atoms with Gasteiger partial charge in [0.2, 0.25) is 0 Å². The third-order valence-corrected chi connectivity index (χ3v) is 3.49. The maximum atomic E-state index is 11.9. The molecule has 0 amide bonds. The summed E-state index contributed by atoms with van der Waals surface area (Å²) in [7, 11) is 0. The summed E-state index contributed by atoms with van der Waals surface area (Å²) in [5.74, 6) is 0.249. The Kier molecular flexibility index (Phi) is 2.79. The van der Waals surface area contributed by atoms with Gasteiger partial charge in [0.25, 0.3) is 5.56 Å². The minimum atomic E-state index is -0.192. The van der Waals surface area contributed by atoms with Gasteiger partial charge in [0.15, 0.2) is 0 Å². The van der Waals surface area contributed by atoms with Crippen molar-refractivity contribution in [3.8, 4) is 17.0 Å². The van der Waals surface area contributed by atoms with Crippen LogP contribution in [-0.2, 0) is 0 Å². The standard InChI is InChI=1S/C16H14N2O2/c1-9-4-3-5-12-14(9)15(17-18-16(12)20)11-6-7-13(19)10(2)8-11/h3-8,19H,1-2H3,(H,18,20). The van der Waals surface area contributed by atoms with Crippen LogP contribution < -0.4 is 5.56 Å². The first kappa shape index (κ1) is 12.4. The van der Waals surface area contributed by atoms with E-state index in [0.29, 0.717) is 5.39 Å². The average molecular weight is 266 g/mol. The van der Waals surface area contributed by atoms with E-state index in [1.807, 2.05) is 32.0 Å². The molecular formula is C16H14N2O2. The number of aromatic nitrogens is 2. The molecule has 0 fully saturated rings. The molecule has 2 N–H and O–H groups in total. The SMILES string of the molecule is Cc1cc(-c2n[nH]c(=O)c3cccc(C)c23)ccc1O. The van der Waals surface area contributed by atoms with Crippen LogP contribution >= 0.6 is 0 Å². The van der Waals surface area contributed by atoms with Crippen LogP contribution in [0.2, 0.25) is 0 Å². The molecule has 1 heterocycles. The number of H-pyrrole nitrogens is 1. The number of phenols is 1. The lowest BCUT2D eigenvalue weighted by Crippen LogP contribution is -2.10. The predicted octanol–water partition coefficient (Wildman–Crippen LogP) is 2.91. The Morgan fingerprint density at radius 2 is 1.90 bits per heavy atom. The summed E-state index contributed by atoms with van der Waals surface area (Å²) >= 11 is 0. The molecule has 100 valence electrons. The maximum absolute atomic E-state index is 11.9. The molecule has 0 spiro atoms. The number of nitrogens with one attached hydrogen (secondary N) is 1. The molecule has 3 rings (SSSR count). The number of benzene rings is 2. The van der Waals surface area contributed by atoms with Crippen molar-refractivity contribution in [1.29, 1.82) is 0 Å². The fourth-order valence-corrected chi connectivity index (χ4v) is 2.41. The molecule has 0 radical (unpaired) electrons. The first-order chi connectivity index (χ1) is 9.58. The zero-order valence-electron chi connectivity index (χ0n) is 11.3. The van der Waals surface area contributed by atoms with Crippen LogP contribution in [0.4, 0.5) is 0 Å². The van der Waals surface area contributed by atoms with E-state index in [1.54, 1.807) is 18.2 Å². The molecule has 20 heavy (non-hydrogen) atoms. The highest BCUT2D eigenvalue weighted by atomic mass is 16.3. The largest absolute Gasteiger partial charge is 0.508 e. The van der Waals surface area contributed by atoms with Crippen molar-refractivity contribution in [2.45, 2.75) is 13.8 Å². The number of rotatable bonds is 1. The highest BCUT2D eigenvalue weighted by Gasteiger charge is 2.11. The number of fused-ring (bicyclic) bond motifs is 1. The van der Waals surface area contributed by atoms with E-state index in [1.165, 1.54) is 0 Å². The molecule has 0 bridgehead atoms. The zero-order valence-corrected chi connectivity index (χ0v) is 11.3. The average Bonchev–Trinajstić information content (AvgIpc) is 2.43. The molecule has 3 aromatic rings. The molecule has 0 aliphatic heterocycles. The Bertz CT molecular complexity index is 866. The summed E-state index contributed by atoms with van der Waals surface area (Å²) in [4.78, 5) is 11.9.